The molecule has 11 heteroatoms. The molecule has 4 amide bonds. The molecule has 5 rings (SSSR count). The van der Waals surface area contributed by atoms with Crippen LogP contribution >= 0.6 is 0 Å². The molecule has 1 aromatic carbocycles. The summed E-state index contributed by atoms with van der Waals surface area (Å²) in [5.41, 5.74) is 1.42. The van der Waals surface area contributed by atoms with E-state index in [9.17, 15) is 33.9 Å². The number of hydrogen-bond donors (Lipinski definition) is 3. The van der Waals surface area contributed by atoms with Crippen molar-refractivity contribution >= 4 is 35.6 Å². The van der Waals surface area contributed by atoms with E-state index in [4.69, 9.17) is 10.2 Å². The molecule has 2 aliphatic carbocycles. The first-order valence-electron chi connectivity index (χ1n) is 13.2. The second-order valence-electron chi connectivity index (χ2n) is 10.8. The van der Waals surface area contributed by atoms with Crippen LogP contribution in [0.5, 0.6) is 5.75 Å². The molecule has 206 valence electrons. The summed E-state index contributed by atoms with van der Waals surface area (Å²) in [4.78, 5) is 78.1. The molecular formula is C28H30N2O9. The number of nitrogens with zero attached hydrogens (tertiary/aromatic N) is 2. The minimum atomic E-state index is -1.02. The Bertz CT molecular complexity index is 1290. The molecule has 39 heavy (non-hydrogen) atoms. The predicted molar refractivity (Wildman–Crippen MR) is 133 cm³/mol. The van der Waals surface area contributed by atoms with Crippen LogP contribution in [0.4, 0.5) is 0 Å². The minimum Gasteiger partial charge on any atom is -0.508 e. The predicted octanol–water partition coefficient (Wildman–Crippen LogP) is 1.76. The number of allylic oxidation sites excluding steroid dienone is 2. The number of imide groups is 2. The van der Waals surface area contributed by atoms with Gasteiger partial charge in [0.05, 0.1) is 23.7 Å². The molecule has 4 aliphatic rings. The molecule has 6 unspecified atom stereocenters. The lowest BCUT2D eigenvalue weighted by Crippen LogP contribution is -2.43. The third kappa shape index (κ3) is 4.59. The number of fused-ring (bicyclic) bond motifs is 4. The average molecular weight is 539 g/mol. The number of carbonyl (C=O) groups excluding carboxylic acids is 4. The van der Waals surface area contributed by atoms with Crippen molar-refractivity contribution < 1.29 is 44.1 Å². The fraction of sp³-hybridized carbons (Fsp3) is 0.500. The van der Waals surface area contributed by atoms with E-state index in [0.717, 1.165) is 15.4 Å². The van der Waals surface area contributed by atoms with E-state index in [1.807, 2.05) is 6.08 Å². The molecule has 0 aromatic heterocycles. The molecule has 0 spiro atoms. The third-order valence-electron chi connectivity index (χ3n) is 8.61. The smallest absolute Gasteiger partial charge is 0.303 e. The number of carboxylic acid groups (broad SMARTS) is 2. The zero-order valence-corrected chi connectivity index (χ0v) is 21.2. The lowest BCUT2D eigenvalue weighted by atomic mass is 9.57. The maximum absolute atomic E-state index is 13.6. The lowest BCUT2D eigenvalue weighted by Gasteiger charge is -2.44. The highest BCUT2D eigenvalue weighted by atomic mass is 16.4. The molecule has 3 N–H and O–H groups in total. The van der Waals surface area contributed by atoms with Gasteiger partial charge in [0.25, 0.3) is 0 Å². The fourth-order valence-corrected chi connectivity index (χ4v) is 7.03. The van der Waals surface area contributed by atoms with E-state index in [0.29, 0.717) is 5.56 Å². The van der Waals surface area contributed by atoms with Crippen LogP contribution < -0.4 is 0 Å². The standard InChI is InChI=1S/C28H30N2O9/c31-15-5-1-4-14(12-15)22-16-8-9-17-23(27(38)29(25(17)36)10-2-6-20(32)33)18(16)13-19-24(22)28(39)30(26(19)37)11-3-7-21(34)35/h1,4-5,8,12,17-19,22-24,31H,2-3,6-7,9-11,13H2,(H,32,33)(H,34,35). The summed E-state index contributed by atoms with van der Waals surface area (Å²) in [6.45, 7) is -0.00982. The van der Waals surface area contributed by atoms with Crippen LogP contribution in [-0.2, 0) is 28.8 Å². The van der Waals surface area contributed by atoms with E-state index in [-0.39, 0.29) is 69.2 Å². The highest BCUT2D eigenvalue weighted by Crippen LogP contribution is 2.58. The summed E-state index contributed by atoms with van der Waals surface area (Å²) in [6.07, 6.45) is 2.30. The summed E-state index contributed by atoms with van der Waals surface area (Å²) in [5, 5.41) is 28.2. The molecule has 2 aliphatic heterocycles. The van der Waals surface area contributed by atoms with Gasteiger partial charge in [-0.25, -0.2) is 0 Å². The van der Waals surface area contributed by atoms with Crippen molar-refractivity contribution in [1.29, 1.82) is 0 Å². The van der Waals surface area contributed by atoms with Crippen LogP contribution in [0.25, 0.3) is 0 Å². The molecule has 2 saturated heterocycles. The summed E-state index contributed by atoms with van der Waals surface area (Å²) in [7, 11) is 0. The highest BCUT2D eigenvalue weighted by molar-refractivity contribution is 6.08. The molecule has 11 nitrogen and oxygen atoms in total. The minimum absolute atomic E-state index is 0.00716. The van der Waals surface area contributed by atoms with E-state index in [1.165, 1.54) is 6.07 Å². The van der Waals surface area contributed by atoms with Gasteiger partial charge in [-0.1, -0.05) is 23.8 Å². The van der Waals surface area contributed by atoms with Gasteiger partial charge in [0, 0.05) is 31.8 Å². The average Bonchev–Trinajstić information content (AvgIpc) is 3.27. The van der Waals surface area contributed by atoms with Gasteiger partial charge in [-0.15, -0.1) is 0 Å². The number of carboxylic acids is 2. The van der Waals surface area contributed by atoms with Gasteiger partial charge < -0.3 is 15.3 Å². The summed E-state index contributed by atoms with van der Waals surface area (Å²) in [5.74, 6) is -7.48. The number of hydrogen-bond acceptors (Lipinski definition) is 7. The number of carbonyl (C=O) groups is 6. The number of phenolic OH excluding ortho intramolecular Hbond substituents is 1. The number of benzene rings is 1. The van der Waals surface area contributed by atoms with Crippen molar-refractivity contribution in [2.45, 2.75) is 44.4 Å². The first-order chi connectivity index (χ1) is 18.6. The van der Waals surface area contributed by atoms with Crippen molar-refractivity contribution in [3.05, 3.63) is 41.5 Å². The Kier molecular flexibility index (Phi) is 7.00. The van der Waals surface area contributed by atoms with E-state index < -0.39 is 59.3 Å². The van der Waals surface area contributed by atoms with E-state index in [2.05, 4.69) is 0 Å². The van der Waals surface area contributed by atoms with Gasteiger partial charge in [-0.2, -0.15) is 0 Å². The lowest BCUT2D eigenvalue weighted by molar-refractivity contribution is -0.143. The number of aliphatic carboxylic acids is 2. The van der Waals surface area contributed by atoms with Gasteiger partial charge >= 0.3 is 11.9 Å². The van der Waals surface area contributed by atoms with Gasteiger partial charge in [0.15, 0.2) is 0 Å². The Morgan fingerprint density at radius 1 is 0.795 bits per heavy atom. The zero-order valence-electron chi connectivity index (χ0n) is 21.2. The SMILES string of the molecule is O=C(O)CCCN1C(=O)C2CC=C3C(CC4C(=O)N(CCCC(=O)O)C(=O)C4C3c3cccc(O)c3)C2C1=O. The molecule has 2 heterocycles. The van der Waals surface area contributed by atoms with Crippen LogP contribution in [-0.4, -0.2) is 73.8 Å². The maximum atomic E-state index is 13.6. The molecule has 1 saturated carbocycles. The third-order valence-corrected chi connectivity index (χ3v) is 8.61. The van der Waals surface area contributed by atoms with Crippen LogP contribution in [0, 0.1) is 29.6 Å². The molecule has 0 radical (unpaired) electrons. The van der Waals surface area contributed by atoms with Crippen molar-refractivity contribution in [3.8, 4) is 5.75 Å². The van der Waals surface area contributed by atoms with Crippen LogP contribution in [0.2, 0.25) is 0 Å². The van der Waals surface area contributed by atoms with Gasteiger partial charge in [0.1, 0.15) is 5.75 Å². The van der Waals surface area contributed by atoms with Crippen LogP contribution in [0.3, 0.4) is 0 Å². The first-order valence-corrected chi connectivity index (χ1v) is 13.2. The number of rotatable bonds is 9. The molecule has 0 bridgehead atoms. The Balaban J connectivity index is 1.49. The first kappa shape index (κ1) is 26.6. The summed E-state index contributed by atoms with van der Waals surface area (Å²) >= 11 is 0. The van der Waals surface area contributed by atoms with Crippen molar-refractivity contribution in [2.75, 3.05) is 13.1 Å². The van der Waals surface area contributed by atoms with Gasteiger partial charge in [-0.05, 0) is 49.3 Å². The van der Waals surface area contributed by atoms with E-state index in [1.54, 1.807) is 18.2 Å². The second kappa shape index (κ2) is 10.3. The van der Waals surface area contributed by atoms with Crippen molar-refractivity contribution in [3.63, 3.8) is 0 Å². The van der Waals surface area contributed by atoms with Gasteiger partial charge in [-0.3, -0.25) is 38.6 Å². The zero-order chi connectivity index (χ0) is 28.0. The normalized spacial score (nSPS) is 29.7. The van der Waals surface area contributed by atoms with E-state index >= 15 is 0 Å². The van der Waals surface area contributed by atoms with Crippen LogP contribution in [0.15, 0.2) is 35.9 Å². The Labute approximate surface area is 224 Å². The largest absolute Gasteiger partial charge is 0.508 e. The molecule has 1 aromatic rings. The Morgan fingerprint density at radius 3 is 1.97 bits per heavy atom. The van der Waals surface area contributed by atoms with Gasteiger partial charge in [0.2, 0.25) is 23.6 Å². The monoisotopic (exact) mass is 538 g/mol. The molecule has 6 atom stereocenters. The van der Waals surface area contributed by atoms with Crippen LogP contribution in [0.1, 0.15) is 50.0 Å². The number of aromatic hydroxyl groups is 1. The Hall–Kier alpha value is -4.02. The molecule has 3 fully saturated rings. The fourth-order valence-electron chi connectivity index (χ4n) is 7.03. The topological polar surface area (TPSA) is 170 Å². The summed E-state index contributed by atoms with van der Waals surface area (Å²) < 4.78 is 0. The Morgan fingerprint density at radius 2 is 1.38 bits per heavy atom. The van der Waals surface area contributed by atoms with Crippen molar-refractivity contribution in [2.24, 2.45) is 29.6 Å². The summed E-state index contributed by atoms with van der Waals surface area (Å²) in [6, 6.07) is 6.46. The number of likely N-dealkylation sites (tertiary alicyclic amines) is 2. The van der Waals surface area contributed by atoms with Crippen molar-refractivity contribution in [1.82, 2.24) is 9.80 Å². The quantitative estimate of drug-likeness (QED) is 0.313. The number of amides is 4. The maximum Gasteiger partial charge on any atom is 0.303 e. The second-order valence-corrected chi connectivity index (χ2v) is 10.8. The molecular weight excluding hydrogens is 508 g/mol. The highest BCUT2D eigenvalue weighted by Gasteiger charge is 2.61. The number of phenols is 1.